The molecule has 4 aromatic rings. The Balaban J connectivity index is 1.18. The summed E-state index contributed by atoms with van der Waals surface area (Å²) in [6.07, 6.45) is 3.99. The molecular weight excluding hydrogens is 522 g/mol. The Morgan fingerprint density at radius 2 is 1.49 bits per heavy atom. The minimum atomic E-state index is 0.235. The van der Waals surface area contributed by atoms with E-state index >= 15 is 0 Å². The van der Waals surface area contributed by atoms with Crippen molar-refractivity contribution in [2.24, 2.45) is 0 Å². The predicted octanol–water partition coefficient (Wildman–Crippen LogP) is 2.60. The first kappa shape index (κ1) is 25.3. The zero-order valence-corrected chi connectivity index (χ0v) is 22.6. The van der Waals surface area contributed by atoms with Crippen molar-refractivity contribution in [3.8, 4) is 22.8 Å². The van der Waals surface area contributed by atoms with E-state index in [4.69, 9.17) is 41.5 Å². The van der Waals surface area contributed by atoms with Crippen LogP contribution in [0.3, 0.4) is 0 Å². The minimum Gasteiger partial charge on any atom is -0.496 e. The van der Waals surface area contributed by atoms with Gasteiger partial charge in [-0.15, -0.1) is 0 Å². The van der Waals surface area contributed by atoms with Gasteiger partial charge in [0.15, 0.2) is 0 Å². The van der Waals surface area contributed by atoms with Crippen LogP contribution in [0.5, 0.6) is 11.5 Å². The van der Waals surface area contributed by atoms with E-state index in [1.165, 1.54) is 0 Å². The molecule has 2 fully saturated rings. The number of imidazole rings is 1. The third-order valence-electron chi connectivity index (χ3n) is 7.04. The summed E-state index contributed by atoms with van der Waals surface area (Å²) in [7, 11) is 3.20. The van der Waals surface area contributed by atoms with E-state index in [1.54, 1.807) is 20.3 Å². The lowest BCUT2D eigenvalue weighted by Gasteiger charge is -2.36. The maximum absolute atomic E-state index is 6.39. The average molecular weight is 552 g/mol. The summed E-state index contributed by atoms with van der Waals surface area (Å²) >= 11 is 6.39. The Morgan fingerprint density at radius 3 is 2.18 bits per heavy atom. The molecule has 13 heteroatoms. The van der Waals surface area contributed by atoms with Crippen molar-refractivity contribution < 1.29 is 14.2 Å². The molecule has 0 amide bonds. The highest BCUT2D eigenvalue weighted by Gasteiger charge is 2.23. The van der Waals surface area contributed by atoms with E-state index in [0.717, 1.165) is 61.9 Å². The van der Waals surface area contributed by atoms with Crippen LogP contribution < -0.4 is 29.9 Å². The van der Waals surface area contributed by atoms with E-state index in [9.17, 15) is 0 Å². The number of aromatic nitrogens is 5. The Hall–Kier alpha value is -4.03. The zero-order valence-electron chi connectivity index (χ0n) is 21.9. The molecule has 2 saturated heterocycles. The number of halogens is 1. The topological polar surface area (TPSA) is 119 Å². The van der Waals surface area contributed by atoms with Crippen LogP contribution in [0.2, 0.25) is 5.02 Å². The summed E-state index contributed by atoms with van der Waals surface area (Å²) in [5.74, 6) is 2.66. The molecule has 0 radical (unpaired) electrons. The van der Waals surface area contributed by atoms with Crippen LogP contribution in [-0.2, 0) is 4.74 Å². The van der Waals surface area contributed by atoms with E-state index in [1.807, 2.05) is 22.9 Å². The van der Waals surface area contributed by atoms with Gasteiger partial charge in [-0.3, -0.25) is 0 Å². The second-order valence-electron chi connectivity index (χ2n) is 9.33. The Labute approximate surface area is 230 Å². The van der Waals surface area contributed by atoms with Crippen LogP contribution in [0.1, 0.15) is 0 Å². The second kappa shape index (κ2) is 10.6. The first-order chi connectivity index (χ1) is 19.0. The quantitative estimate of drug-likeness (QED) is 0.381. The molecule has 0 aliphatic carbocycles. The molecule has 12 nitrogen and oxygen atoms in total. The standard InChI is InChI=1S/C26H30ClN9O3/c1-37-21-15-22(38-2)19(27)14-18(21)20-16-36-4-3-17(13-23(36)29-20)33-5-7-34(8-6-33)25-30-24(28)31-26(32-25)35-9-11-39-12-10-35/h3-4,13-16H,5-12H2,1-2H3,(H2,28,30,31,32). The van der Waals surface area contributed by atoms with Crippen molar-refractivity contribution in [1.29, 1.82) is 0 Å². The number of hydrogen-bond acceptors (Lipinski definition) is 11. The van der Waals surface area contributed by atoms with Crippen molar-refractivity contribution >= 4 is 40.8 Å². The number of pyridine rings is 1. The molecule has 0 saturated carbocycles. The lowest BCUT2D eigenvalue weighted by molar-refractivity contribution is 0.122. The molecule has 2 aliphatic heterocycles. The van der Waals surface area contributed by atoms with Gasteiger partial charge in [0.25, 0.3) is 0 Å². The predicted molar refractivity (Wildman–Crippen MR) is 150 cm³/mol. The van der Waals surface area contributed by atoms with Gasteiger partial charge < -0.3 is 39.0 Å². The normalized spacial score (nSPS) is 16.1. The third-order valence-corrected chi connectivity index (χ3v) is 7.34. The number of methoxy groups -OCH3 is 2. The number of ether oxygens (including phenoxy) is 3. The van der Waals surface area contributed by atoms with Gasteiger partial charge in [0.1, 0.15) is 17.1 Å². The zero-order chi connectivity index (χ0) is 26.9. The number of anilines is 4. The highest BCUT2D eigenvalue weighted by Crippen LogP contribution is 2.38. The fourth-order valence-electron chi connectivity index (χ4n) is 4.94. The van der Waals surface area contributed by atoms with Crippen molar-refractivity contribution in [3.63, 3.8) is 0 Å². The molecule has 2 aliphatic rings. The minimum absolute atomic E-state index is 0.235. The van der Waals surface area contributed by atoms with Crippen molar-refractivity contribution in [1.82, 2.24) is 24.3 Å². The molecule has 0 unspecified atom stereocenters. The van der Waals surface area contributed by atoms with Crippen LogP contribution in [0.25, 0.3) is 16.9 Å². The number of benzene rings is 1. The highest BCUT2D eigenvalue weighted by atomic mass is 35.5. The number of nitrogens with zero attached hydrogens (tertiary/aromatic N) is 8. The van der Waals surface area contributed by atoms with Gasteiger partial charge in [-0.05, 0) is 12.1 Å². The number of morpholine rings is 1. The Kier molecular flexibility index (Phi) is 6.88. The molecule has 3 aromatic heterocycles. The molecule has 204 valence electrons. The Bertz CT molecular complexity index is 1480. The van der Waals surface area contributed by atoms with Gasteiger partial charge in [-0.2, -0.15) is 15.0 Å². The van der Waals surface area contributed by atoms with E-state index in [2.05, 4.69) is 36.8 Å². The maximum Gasteiger partial charge on any atom is 0.232 e. The van der Waals surface area contributed by atoms with Gasteiger partial charge >= 0.3 is 0 Å². The van der Waals surface area contributed by atoms with Crippen molar-refractivity contribution in [2.75, 3.05) is 87.1 Å². The Morgan fingerprint density at radius 1 is 0.821 bits per heavy atom. The fourth-order valence-corrected chi connectivity index (χ4v) is 5.18. The number of rotatable bonds is 6. The van der Waals surface area contributed by atoms with Gasteiger partial charge in [-0.1, -0.05) is 11.6 Å². The summed E-state index contributed by atoms with van der Waals surface area (Å²) in [4.78, 5) is 24.9. The average Bonchev–Trinajstić information content (AvgIpc) is 3.40. The largest absolute Gasteiger partial charge is 0.496 e. The molecule has 5 heterocycles. The lowest BCUT2D eigenvalue weighted by atomic mass is 10.1. The van der Waals surface area contributed by atoms with Gasteiger partial charge in [0, 0.05) is 75.0 Å². The van der Waals surface area contributed by atoms with Crippen LogP contribution in [0.15, 0.2) is 36.7 Å². The highest BCUT2D eigenvalue weighted by molar-refractivity contribution is 6.32. The number of nitrogen functional groups attached to an aromatic ring is 1. The van der Waals surface area contributed by atoms with E-state index in [-0.39, 0.29) is 5.95 Å². The molecule has 0 bridgehead atoms. The maximum atomic E-state index is 6.39. The van der Waals surface area contributed by atoms with Crippen molar-refractivity contribution in [3.05, 3.63) is 41.7 Å². The number of hydrogen-bond donors (Lipinski definition) is 1. The fraction of sp³-hybridized carbons (Fsp3) is 0.385. The van der Waals surface area contributed by atoms with Crippen LogP contribution >= 0.6 is 11.6 Å². The third kappa shape index (κ3) is 5.04. The molecule has 39 heavy (non-hydrogen) atoms. The van der Waals surface area contributed by atoms with Gasteiger partial charge in [-0.25, -0.2) is 4.98 Å². The van der Waals surface area contributed by atoms with Crippen molar-refractivity contribution in [2.45, 2.75) is 0 Å². The molecule has 0 atom stereocenters. The summed E-state index contributed by atoms with van der Waals surface area (Å²) in [5, 5.41) is 0.501. The summed E-state index contributed by atoms with van der Waals surface area (Å²) < 4.78 is 18.3. The molecule has 6 rings (SSSR count). The van der Waals surface area contributed by atoms with Gasteiger partial charge in [0.05, 0.1) is 38.1 Å². The van der Waals surface area contributed by atoms with Crippen LogP contribution in [-0.4, -0.2) is 91.0 Å². The number of nitrogens with two attached hydrogens (primary N) is 1. The van der Waals surface area contributed by atoms with E-state index in [0.29, 0.717) is 41.6 Å². The summed E-state index contributed by atoms with van der Waals surface area (Å²) in [6, 6.07) is 7.79. The smallest absolute Gasteiger partial charge is 0.232 e. The first-order valence-corrected chi connectivity index (χ1v) is 13.1. The monoisotopic (exact) mass is 551 g/mol. The van der Waals surface area contributed by atoms with Crippen LogP contribution in [0.4, 0.5) is 23.5 Å². The summed E-state index contributed by atoms with van der Waals surface area (Å²) in [6.45, 7) is 5.94. The molecule has 1 aromatic carbocycles. The molecule has 2 N–H and O–H groups in total. The SMILES string of the molecule is COc1cc(OC)c(-c2cn3ccc(N4CCN(c5nc(N)nc(N6CCOCC6)n5)CC4)cc3n2)cc1Cl. The van der Waals surface area contributed by atoms with E-state index < -0.39 is 0 Å². The first-order valence-electron chi connectivity index (χ1n) is 12.8. The second-order valence-corrected chi connectivity index (χ2v) is 9.74. The molecule has 0 spiro atoms. The molecular formula is C26H30ClN9O3. The van der Waals surface area contributed by atoms with Crippen LogP contribution in [0, 0.1) is 0 Å². The number of piperazine rings is 1. The summed E-state index contributed by atoms with van der Waals surface area (Å²) in [5.41, 5.74) is 9.54. The van der Waals surface area contributed by atoms with Gasteiger partial charge in [0.2, 0.25) is 17.8 Å². The lowest BCUT2D eigenvalue weighted by Crippen LogP contribution is -2.47. The number of fused-ring (bicyclic) bond motifs is 1.